The minimum atomic E-state index is 0.322. The highest BCUT2D eigenvalue weighted by Gasteiger charge is 2.22. The zero-order valence-electron chi connectivity index (χ0n) is 12.4. The Labute approximate surface area is 135 Å². The first-order chi connectivity index (χ1) is 10.8. The van der Waals surface area contributed by atoms with Crippen molar-refractivity contribution in [1.82, 2.24) is 9.55 Å². The molecular formula is C18H19ClN2O. The van der Waals surface area contributed by atoms with Crippen molar-refractivity contribution in [3.63, 3.8) is 0 Å². The van der Waals surface area contributed by atoms with Crippen LogP contribution < -0.4 is 0 Å². The average molecular weight is 315 g/mol. The molecule has 1 aliphatic carbocycles. The molecular weight excluding hydrogens is 296 g/mol. The highest BCUT2D eigenvalue weighted by Crippen LogP contribution is 2.36. The monoisotopic (exact) mass is 314 g/mol. The normalized spacial score (nSPS) is 23.0. The third-order valence-electron chi connectivity index (χ3n) is 4.72. The van der Waals surface area contributed by atoms with Crippen LogP contribution >= 0.6 is 11.6 Å². The molecule has 1 atom stereocenters. The Hall–Kier alpha value is -1.58. The molecule has 0 radical (unpaired) electrons. The van der Waals surface area contributed by atoms with Crippen molar-refractivity contribution in [3.05, 3.63) is 53.5 Å². The standard InChI is InChI=1S/C18H19ClN2O/c19-14-1-3-15(4-2-14)21-12-17(13-6-9-22-10-7-13)16-5-8-20-11-18(16)21/h1-3,5,8,11-13,15H,4,6-7,9-10H2. The fourth-order valence-electron chi connectivity index (χ4n) is 3.52. The first kappa shape index (κ1) is 14.0. The molecule has 0 aromatic carbocycles. The lowest BCUT2D eigenvalue weighted by atomic mass is 9.92. The number of pyridine rings is 1. The predicted octanol–water partition coefficient (Wildman–Crippen LogP) is 4.55. The minimum absolute atomic E-state index is 0.322. The number of fused-ring (bicyclic) bond motifs is 1. The lowest BCUT2D eigenvalue weighted by Gasteiger charge is -2.22. The Balaban J connectivity index is 1.77. The van der Waals surface area contributed by atoms with Gasteiger partial charge >= 0.3 is 0 Å². The number of allylic oxidation sites excluding steroid dienone is 4. The van der Waals surface area contributed by atoms with Crippen LogP contribution in [0.15, 0.2) is 47.9 Å². The molecule has 0 spiro atoms. The van der Waals surface area contributed by atoms with Gasteiger partial charge in [-0.05, 0) is 42.9 Å². The van der Waals surface area contributed by atoms with Crippen molar-refractivity contribution in [2.75, 3.05) is 13.2 Å². The molecule has 0 bridgehead atoms. The Bertz CT molecular complexity index is 741. The minimum Gasteiger partial charge on any atom is -0.381 e. The lowest BCUT2D eigenvalue weighted by Crippen LogP contribution is -2.14. The number of ether oxygens (including phenoxy) is 1. The van der Waals surface area contributed by atoms with Crippen molar-refractivity contribution in [1.29, 1.82) is 0 Å². The summed E-state index contributed by atoms with van der Waals surface area (Å²) in [5.74, 6) is 0.589. The van der Waals surface area contributed by atoms with Gasteiger partial charge in [0.05, 0.1) is 17.8 Å². The van der Waals surface area contributed by atoms with Gasteiger partial charge in [-0.25, -0.2) is 0 Å². The van der Waals surface area contributed by atoms with E-state index in [1.165, 1.54) is 16.5 Å². The Kier molecular flexibility index (Phi) is 3.77. The molecule has 1 unspecified atom stereocenters. The number of hydrogen-bond acceptors (Lipinski definition) is 2. The van der Waals surface area contributed by atoms with Gasteiger partial charge in [-0.15, -0.1) is 0 Å². The summed E-state index contributed by atoms with van der Waals surface area (Å²) in [5, 5.41) is 2.16. The molecule has 3 nitrogen and oxygen atoms in total. The Morgan fingerprint density at radius 2 is 2.14 bits per heavy atom. The van der Waals surface area contributed by atoms with Crippen molar-refractivity contribution in [2.45, 2.75) is 31.2 Å². The summed E-state index contributed by atoms with van der Waals surface area (Å²) in [5.41, 5.74) is 2.65. The van der Waals surface area contributed by atoms with E-state index in [2.05, 4.69) is 34.0 Å². The van der Waals surface area contributed by atoms with Crippen LogP contribution in [-0.2, 0) is 4.74 Å². The second kappa shape index (κ2) is 5.90. The summed E-state index contributed by atoms with van der Waals surface area (Å²) in [7, 11) is 0. The SMILES string of the molecule is ClC1=CCC(n2cc(C3CCOCC3)c3ccncc32)C=C1. The van der Waals surface area contributed by atoms with Gasteiger partial charge in [0.2, 0.25) is 0 Å². The number of halogens is 1. The van der Waals surface area contributed by atoms with Crippen molar-refractivity contribution in [2.24, 2.45) is 0 Å². The Morgan fingerprint density at radius 3 is 2.91 bits per heavy atom. The highest BCUT2D eigenvalue weighted by molar-refractivity contribution is 6.31. The van der Waals surface area contributed by atoms with Crippen LogP contribution in [0.2, 0.25) is 0 Å². The molecule has 114 valence electrons. The van der Waals surface area contributed by atoms with E-state index in [0.717, 1.165) is 37.5 Å². The molecule has 1 fully saturated rings. The van der Waals surface area contributed by atoms with Gasteiger partial charge in [-0.1, -0.05) is 23.8 Å². The fraction of sp³-hybridized carbons (Fsp3) is 0.389. The van der Waals surface area contributed by atoms with Crippen LogP contribution in [0, 0.1) is 0 Å². The molecule has 2 aromatic heterocycles. The molecule has 22 heavy (non-hydrogen) atoms. The highest BCUT2D eigenvalue weighted by atomic mass is 35.5. The second-order valence-corrected chi connectivity index (χ2v) is 6.46. The van der Waals surface area contributed by atoms with Crippen LogP contribution in [0.1, 0.15) is 36.8 Å². The van der Waals surface area contributed by atoms with Crippen molar-refractivity contribution in [3.8, 4) is 0 Å². The van der Waals surface area contributed by atoms with E-state index in [4.69, 9.17) is 16.3 Å². The van der Waals surface area contributed by atoms with E-state index in [9.17, 15) is 0 Å². The molecule has 2 aliphatic rings. The topological polar surface area (TPSA) is 27.1 Å². The van der Waals surface area contributed by atoms with E-state index in [-0.39, 0.29) is 0 Å². The maximum atomic E-state index is 6.05. The molecule has 4 rings (SSSR count). The molecule has 0 amide bonds. The summed E-state index contributed by atoms with van der Waals surface area (Å²) < 4.78 is 7.87. The van der Waals surface area contributed by atoms with Gasteiger partial charge in [0.25, 0.3) is 0 Å². The maximum Gasteiger partial charge on any atom is 0.0675 e. The van der Waals surface area contributed by atoms with Crippen LogP contribution in [-0.4, -0.2) is 22.8 Å². The van der Waals surface area contributed by atoms with E-state index in [0.29, 0.717) is 12.0 Å². The zero-order valence-corrected chi connectivity index (χ0v) is 13.2. The lowest BCUT2D eigenvalue weighted by molar-refractivity contribution is 0.0855. The van der Waals surface area contributed by atoms with Gasteiger partial charge in [-0.3, -0.25) is 4.98 Å². The number of hydrogen-bond donors (Lipinski definition) is 0. The molecule has 0 N–H and O–H groups in total. The summed E-state index contributed by atoms with van der Waals surface area (Å²) >= 11 is 6.05. The van der Waals surface area contributed by atoms with Crippen LogP contribution in [0.3, 0.4) is 0 Å². The summed E-state index contributed by atoms with van der Waals surface area (Å²) in [6.45, 7) is 1.73. The smallest absolute Gasteiger partial charge is 0.0675 e. The van der Waals surface area contributed by atoms with E-state index in [1.807, 2.05) is 18.5 Å². The number of aromatic nitrogens is 2. The number of nitrogens with zero attached hydrogens (tertiary/aromatic N) is 2. The van der Waals surface area contributed by atoms with Gasteiger partial charge < -0.3 is 9.30 Å². The van der Waals surface area contributed by atoms with E-state index in [1.54, 1.807) is 0 Å². The molecule has 4 heteroatoms. The molecule has 1 aliphatic heterocycles. The van der Waals surface area contributed by atoms with Crippen LogP contribution in [0.25, 0.3) is 10.9 Å². The van der Waals surface area contributed by atoms with Crippen molar-refractivity contribution >= 4 is 22.5 Å². The average Bonchev–Trinajstić information content (AvgIpc) is 2.96. The first-order valence-corrected chi connectivity index (χ1v) is 8.27. The summed E-state index contributed by atoms with van der Waals surface area (Å²) in [4.78, 5) is 4.33. The summed E-state index contributed by atoms with van der Waals surface area (Å²) in [6, 6.07) is 2.47. The van der Waals surface area contributed by atoms with Gasteiger partial charge in [0.1, 0.15) is 0 Å². The molecule has 2 aromatic rings. The second-order valence-electron chi connectivity index (χ2n) is 6.02. The third-order valence-corrected chi connectivity index (χ3v) is 5.00. The van der Waals surface area contributed by atoms with Crippen molar-refractivity contribution < 1.29 is 4.74 Å². The number of rotatable bonds is 2. The van der Waals surface area contributed by atoms with Crippen LogP contribution in [0.4, 0.5) is 0 Å². The van der Waals surface area contributed by atoms with Gasteiger partial charge in [0.15, 0.2) is 0 Å². The van der Waals surface area contributed by atoms with Gasteiger partial charge in [0, 0.05) is 36.0 Å². The van der Waals surface area contributed by atoms with E-state index < -0.39 is 0 Å². The molecule has 3 heterocycles. The maximum absolute atomic E-state index is 6.05. The predicted molar refractivity (Wildman–Crippen MR) is 89.3 cm³/mol. The molecule has 0 saturated carbocycles. The summed E-state index contributed by atoms with van der Waals surface area (Å²) in [6.07, 6.45) is 15.6. The third kappa shape index (κ3) is 2.49. The quantitative estimate of drug-likeness (QED) is 0.813. The first-order valence-electron chi connectivity index (χ1n) is 7.89. The van der Waals surface area contributed by atoms with E-state index >= 15 is 0 Å². The largest absolute Gasteiger partial charge is 0.381 e. The zero-order chi connectivity index (χ0) is 14.9. The Morgan fingerprint density at radius 1 is 1.27 bits per heavy atom. The fourth-order valence-corrected chi connectivity index (χ4v) is 3.68. The molecule has 1 saturated heterocycles. The van der Waals surface area contributed by atoms with Gasteiger partial charge in [-0.2, -0.15) is 0 Å². The van der Waals surface area contributed by atoms with Crippen LogP contribution in [0.5, 0.6) is 0 Å².